The first-order valence-corrected chi connectivity index (χ1v) is 7.89. The van der Waals surface area contributed by atoms with E-state index in [2.05, 4.69) is 5.92 Å². The van der Waals surface area contributed by atoms with Gasteiger partial charge in [-0.15, -0.1) is 6.42 Å². The molecule has 1 fully saturated rings. The van der Waals surface area contributed by atoms with E-state index in [9.17, 15) is 4.79 Å². The zero-order chi connectivity index (χ0) is 16.8. The van der Waals surface area contributed by atoms with Gasteiger partial charge in [0.05, 0.1) is 26.4 Å². The van der Waals surface area contributed by atoms with Crippen LogP contribution in [0.1, 0.15) is 11.1 Å². The molecule has 1 amide bonds. The van der Waals surface area contributed by atoms with Gasteiger partial charge in [0.1, 0.15) is 0 Å². The summed E-state index contributed by atoms with van der Waals surface area (Å²) in [6.45, 7) is 1.68. The third-order valence-electron chi connectivity index (χ3n) is 3.87. The van der Waals surface area contributed by atoms with Gasteiger partial charge in [-0.3, -0.25) is 4.79 Å². The smallest absolute Gasteiger partial charge is 0.258 e. The molecule has 1 aliphatic heterocycles. The van der Waals surface area contributed by atoms with Crippen molar-refractivity contribution in [3.05, 3.63) is 65.7 Å². The van der Waals surface area contributed by atoms with E-state index in [0.29, 0.717) is 19.8 Å². The van der Waals surface area contributed by atoms with E-state index < -0.39 is 6.10 Å². The molecule has 4 heteroatoms. The number of benzene rings is 2. The van der Waals surface area contributed by atoms with Crippen LogP contribution in [0.3, 0.4) is 0 Å². The Kier molecular flexibility index (Phi) is 5.27. The Morgan fingerprint density at radius 1 is 1.17 bits per heavy atom. The minimum Gasteiger partial charge on any atom is -0.376 e. The van der Waals surface area contributed by atoms with Crippen LogP contribution in [0.25, 0.3) is 0 Å². The molecule has 24 heavy (non-hydrogen) atoms. The van der Waals surface area contributed by atoms with Crippen LogP contribution < -0.4 is 4.90 Å². The molecule has 1 saturated heterocycles. The first-order valence-electron chi connectivity index (χ1n) is 7.89. The van der Waals surface area contributed by atoms with Crippen molar-refractivity contribution in [1.29, 1.82) is 0 Å². The number of hydrogen-bond donors (Lipinski definition) is 0. The topological polar surface area (TPSA) is 38.8 Å². The molecule has 0 bridgehead atoms. The predicted octanol–water partition coefficient (Wildman–Crippen LogP) is 2.62. The van der Waals surface area contributed by atoms with Gasteiger partial charge in [-0.2, -0.15) is 0 Å². The van der Waals surface area contributed by atoms with E-state index >= 15 is 0 Å². The fraction of sp³-hybridized carbons (Fsp3) is 0.250. The summed E-state index contributed by atoms with van der Waals surface area (Å²) in [6, 6.07) is 17.3. The largest absolute Gasteiger partial charge is 0.376 e. The summed E-state index contributed by atoms with van der Waals surface area (Å²) in [5.41, 5.74) is 2.53. The highest BCUT2D eigenvalue weighted by Gasteiger charge is 2.28. The molecular weight excluding hydrogens is 302 g/mol. The summed E-state index contributed by atoms with van der Waals surface area (Å²) < 4.78 is 11.0. The monoisotopic (exact) mass is 321 g/mol. The molecule has 1 atom stereocenters. The van der Waals surface area contributed by atoms with E-state index in [1.54, 1.807) is 4.90 Å². The molecule has 0 saturated carbocycles. The van der Waals surface area contributed by atoms with Gasteiger partial charge in [0.25, 0.3) is 5.91 Å². The van der Waals surface area contributed by atoms with Gasteiger partial charge in [-0.1, -0.05) is 42.3 Å². The van der Waals surface area contributed by atoms with Crippen LogP contribution in [0.4, 0.5) is 5.69 Å². The van der Waals surface area contributed by atoms with Crippen LogP contribution >= 0.6 is 0 Å². The Hall–Kier alpha value is -2.61. The third-order valence-corrected chi connectivity index (χ3v) is 3.87. The molecule has 0 N–H and O–H groups in total. The van der Waals surface area contributed by atoms with Crippen molar-refractivity contribution in [1.82, 2.24) is 0 Å². The van der Waals surface area contributed by atoms with Gasteiger partial charge in [-0.05, 0) is 23.8 Å². The maximum absolute atomic E-state index is 13.0. The molecule has 0 spiro atoms. The first-order chi connectivity index (χ1) is 11.8. The molecule has 3 rings (SSSR count). The predicted molar refractivity (Wildman–Crippen MR) is 92.6 cm³/mol. The van der Waals surface area contributed by atoms with E-state index in [0.717, 1.165) is 16.8 Å². The number of anilines is 1. The SMILES string of the molecule is C#Cc1cccc(N(Cc2ccccc2)C(=O)[C@@H]2COCCO2)c1. The molecule has 2 aromatic carbocycles. The Morgan fingerprint density at radius 2 is 2.00 bits per heavy atom. The lowest BCUT2D eigenvalue weighted by molar-refractivity contribution is -0.144. The van der Waals surface area contributed by atoms with Crippen LogP contribution in [0, 0.1) is 12.3 Å². The first kappa shape index (κ1) is 16.3. The molecular formula is C20H19NO3. The van der Waals surface area contributed by atoms with Crippen molar-refractivity contribution >= 4 is 11.6 Å². The number of nitrogens with zero attached hydrogens (tertiary/aromatic N) is 1. The van der Waals surface area contributed by atoms with Crippen molar-refractivity contribution in [3.63, 3.8) is 0 Å². The molecule has 0 aromatic heterocycles. The second-order valence-electron chi connectivity index (χ2n) is 5.54. The molecule has 1 aliphatic rings. The van der Waals surface area contributed by atoms with E-state index in [1.165, 1.54) is 0 Å². The third kappa shape index (κ3) is 3.83. The molecule has 122 valence electrons. The summed E-state index contributed by atoms with van der Waals surface area (Å²) in [5.74, 6) is 2.49. The number of ether oxygens (including phenoxy) is 2. The van der Waals surface area contributed by atoms with Gasteiger partial charge in [0.15, 0.2) is 6.10 Å². The molecule has 1 heterocycles. The minimum atomic E-state index is -0.586. The fourth-order valence-corrected chi connectivity index (χ4v) is 2.63. The van der Waals surface area contributed by atoms with Crippen molar-refractivity contribution < 1.29 is 14.3 Å². The van der Waals surface area contributed by atoms with E-state index in [4.69, 9.17) is 15.9 Å². The summed E-state index contributed by atoms with van der Waals surface area (Å²) in [7, 11) is 0. The number of carbonyl (C=O) groups excluding carboxylic acids is 1. The highest BCUT2D eigenvalue weighted by molar-refractivity contribution is 5.96. The Balaban J connectivity index is 1.90. The van der Waals surface area contributed by atoms with E-state index in [-0.39, 0.29) is 12.5 Å². The van der Waals surface area contributed by atoms with Crippen LogP contribution in [0.5, 0.6) is 0 Å². The second-order valence-corrected chi connectivity index (χ2v) is 5.54. The zero-order valence-corrected chi connectivity index (χ0v) is 13.4. The average Bonchev–Trinajstić information content (AvgIpc) is 2.67. The standard InChI is InChI=1S/C20H19NO3/c1-2-16-9-6-10-18(13-16)21(14-17-7-4-3-5-8-17)20(22)19-15-23-11-12-24-19/h1,3-10,13,19H,11-12,14-15H2/t19-/m0/s1. The normalized spacial score (nSPS) is 17.0. The number of hydrogen-bond acceptors (Lipinski definition) is 3. The van der Waals surface area contributed by atoms with Gasteiger partial charge in [-0.25, -0.2) is 0 Å². The lowest BCUT2D eigenvalue weighted by Gasteiger charge is -2.29. The molecule has 4 nitrogen and oxygen atoms in total. The summed E-state index contributed by atoms with van der Waals surface area (Å²) >= 11 is 0. The highest BCUT2D eigenvalue weighted by atomic mass is 16.6. The van der Waals surface area contributed by atoms with Gasteiger partial charge >= 0.3 is 0 Å². The van der Waals surface area contributed by atoms with Gasteiger partial charge < -0.3 is 14.4 Å². The number of amides is 1. The maximum atomic E-state index is 13.0. The van der Waals surface area contributed by atoms with Crippen molar-refractivity contribution in [3.8, 4) is 12.3 Å². The van der Waals surface area contributed by atoms with Crippen LogP contribution in [-0.2, 0) is 20.8 Å². The molecule has 0 radical (unpaired) electrons. The maximum Gasteiger partial charge on any atom is 0.258 e. The Morgan fingerprint density at radius 3 is 2.71 bits per heavy atom. The van der Waals surface area contributed by atoms with Crippen molar-refractivity contribution in [2.45, 2.75) is 12.6 Å². The van der Waals surface area contributed by atoms with Crippen LogP contribution in [0.15, 0.2) is 54.6 Å². The summed E-state index contributed by atoms with van der Waals surface area (Å²) in [4.78, 5) is 14.7. The fourth-order valence-electron chi connectivity index (χ4n) is 2.63. The highest BCUT2D eigenvalue weighted by Crippen LogP contribution is 2.21. The molecule has 0 aliphatic carbocycles. The van der Waals surface area contributed by atoms with Gasteiger partial charge in [0, 0.05) is 11.3 Å². The quantitative estimate of drug-likeness (QED) is 0.813. The minimum absolute atomic E-state index is 0.118. The van der Waals surface area contributed by atoms with Crippen LogP contribution in [0.2, 0.25) is 0 Å². The summed E-state index contributed by atoms with van der Waals surface area (Å²) in [5, 5.41) is 0. The Labute approximate surface area is 142 Å². The number of terminal acetylenes is 1. The lowest BCUT2D eigenvalue weighted by atomic mass is 10.1. The molecule has 0 unspecified atom stereocenters. The zero-order valence-electron chi connectivity index (χ0n) is 13.4. The summed E-state index contributed by atoms with van der Waals surface area (Å²) in [6.07, 6.45) is 4.91. The van der Waals surface area contributed by atoms with Crippen molar-refractivity contribution in [2.75, 3.05) is 24.7 Å². The van der Waals surface area contributed by atoms with Crippen molar-refractivity contribution in [2.24, 2.45) is 0 Å². The Bertz CT molecular complexity index is 730. The second kappa shape index (κ2) is 7.78. The van der Waals surface area contributed by atoms with E-state index in [1.807, 2.05) is 54.6 Å². The number of carbonyl (C=O) groups is 1. The van der Waals surface area contributed by atoms with Crippen LogP contribution in [-0.4, -0.2) is 31.8 Å². The number of rotatable bonds is 4. The average molecular weight is 321 g/mol. The van der Waals surface area contributed by atoms with Gasteiger partial charge in [0.2, 0.25) is 0 Å². The lowest BCUT2D eigenvalue weighted by Crippen LogP contribution is -2.45. The molecule has 2 aromatic rings.